The first-order chi connectivity index (χ1) is 9.15. The number of rotatable bonds is 4. The van der Waals surface area contributed by atoms with Gasteiger partial charge in [0.05, 0.1) is 7.11 Å². The number of aryl methyl sites for hydroxylation is 1. The van der Waals surface area contributed by atoms with E-state index in [1.807, 2.05) is 0 Å². The van der Waals surface area contributed by atoms with E-state index in [9.17, 15) is 0 Å². The van der Waals surface area contributed by atoms with E-state index in [1.165, 1.54) is 24.1 Å². The molecule has 0 aromatic heterocycles. The van der Waals surface area contributed by atoms with Crippen molar-refractivity contribution in [3.8, 4) is 5.75 Å². The fourth-order valence-electron chi connectivity index (χ4n) is 3.08. The number of methoxy groups -OCH3 is 1. The highest BCUT2D eigenvalue weighted by molar-refractivity contribution is 5.56. The molecule has 0 amide bonds. The third kappa shape index (κ3) is 3.21. The van der Waals surface area contributed by atoms with Gasteiger partial charge in [-0.25, -0.2) is 0 Å². The van der Waals surface area contributed by atoms with E-state index in [2.05, 4.69) is 49.2 Å². The van der Waals surface area contributed by atoms with Crippen LogP contribution in [0.3, 0.4) is 0 Å². The van der Waals surface area contributed by atoms with Crippen LogP contribution in [0.15, 0.2) is 18.2 Å². The second-order valence-electron chi connectivity index (χ2n) is 5.47. The summed E-state index contributed by atoms with van der Waals surface area (Å²) in [6, 6.07) is 7.64. The van der Waals surface area contributed by atoms with Gasteiger partial charge in [0.1, 0.15) is 5.75 Å². The quantitative estimate of drug-likeness (QED) is 0.903. The maximum Gasteiger partial charge on any atom is 0.119 e. The fraction of sp³-hybridized carbons (Fsp3) is 0.625. The molecule has 1 N–H and O–H groups in total. The molecule has 0 spiro atoms. The van der Waals surface area contributed by atoms with Crippen molar-refractivity contribution in [2.24, 2.45) is 0 Å². The van der Waals surface area contributed by atoms with Gasteiger partial charge in [-0.2, -0.15) is 0 Å². The normalized spacial score (nSPS) is 23.5. The lowest BCUT2D eigenvalue weighted by molar-refractivity contribution is 0.373. The van der Waals surface area contributed by atoms with Crippen LogP contribution < -0.4 is 15.0 Å². The van der Waals surface area contributed by atoms with Crippen molar-refractivity contribution in [1.29, 1.82) is 0 Å². The van der Waals surface area contributed by atoms with Gasteiger partial charge in [0, 0.05) is 24.3 Å². The highest BCUT2D eigenvalue weighted by Gasteiger charge is 2.25. The van der Waals surface area contributed by atoms with Gasteiger partial charge >= 0.3 is 0 Å². The van der Waals surface area contributed by atoms with Gasteiger partial charge in [0.2, 0.25) is 0 Å². The van der Waals surface area contributed by atoms with Crippen LogP contribution in [-0.2, 0) is 0 Å². The maximum atomic E-state index is 5.28. The monoisotopic (exact) mass is 262 g/mol. The molecule has 2 atom stereocenters. The number of anilines is 1. The molecule has 1 aliphatic heterocycles. The van der Waals surface area contributed by atoms with Crippen molar-refractivity contribution < 1.29 is 4.74 Å². The summed E-state index contributed by atoms with van der Waals surface area (Å²) in [7, 11) is 1.72. The van der Waals surface area contributed by atoms with Crippen molar-refractivity contribution in [2.75, 3.05) is 25.1 Å². The summed E-state index contributed by atoms with van der Waals surface area (Å²) in [6.07, 6.45) is 2.45. The van der Waals surface area contributed by atoms with Gasteiger partial charge in [-0.05, 0) is 57.0 Å². The molecule has 3 heteroatoms. The molecule has 3 nitrogen and oxygen atoms in total. The summed E-state index contributed by atoms with van der Waals surface area (Å²) in [5.74, 6) is 0.941. The molecule has 0 radical (unpaired) electrons. The topological polar surface area (TPSA) is 24.5 Å². The maximum absolute atomic E-state index is 5.28. The number of nitrogens with one attached hydrogen (secondary N) is 1. The van der Waals surface area contributed by atoms with E-state index in [1.54, 1.807) is 7.11 Å². The molecule has 1 aromatic carbocycles. The zero-order valence-electron chi connectivity index (χ0n) is 12.6. The smallest absolute Gasteiger partial charge is 0.119 e. The number of piperidine rings is 1. The molecule has 0 bridgehead atoms. The van der Waals surface area contributed by atoms with E-state index in [0.717, 1.165) is 18.8 Å². The molecule has 2 unspecified atom stereocenters. The van der Waals surface area contributed by atoms with Crippen molar-refractivity contribution in [3.63, 3.8) is 0 Å². The Bertz CT molecular complexity index is 419. The highest BCUT2D eigenvalue weighted by Crippen LogP contribution is 2.30. The number of hydrogen-bond donors (Lipinski definition) is 1. The summed E-state index contributed by atoms with van der Waals surface area (Å²) in [5, 5.41) is 3.57. The molecule has 1 fully saturated rings. The lowest BCUT2D eigenvalue weighted by Gasteiger charge is -2.40. The van der Waals surface area contributed by atoms with Crippen LogP contribution in [0.5, 0.6) is 5.75 Å². The molecule has 1 saturated heterocycles. The van der Waals surface area contributed by atoms with Crippen LogP contribution in [0.4, 0.5) is 5.69 Å². The van der Waals surface area contributed by atoms with Crippen LogP contribution in [0.25, 0.3) is 0 Å². The van der Waals surface area contributed by atoms with Gasteiger partial charge in [-0.3, -0.25) is 0 Å². The first-order valence-corrected chi connectivity index (χ1v) is 7.30. The van der Waals surface area contributed by atoms with Gasteiger partial charge in [0.15, 0.2) is 0 Å². The molecule has 1 aliphatic rings. The Morgan fingerprint density at radius 3 is 2.79 bits per heavy atom. The molecule has 1 aromatic rings. The molecule has 2 rings (SSSR count). The lowest BCUT2D eigenvalue weighted by atomic mass is 9.96. The molecule has 19 heavy (non-hydrogen) atoms. The van der Waals surface area contributed by atoms with Crippen molar-refractivity contribution in [3.05, 3.63) is 23.8 Å². The van der Waals surface area contributed by atoms with E-state index >= 15 is 0 Å². The number of benzene rings is 1. The molecule has 106 valence electrons. The molecular formula is C16H26N2O. The average molecular weight is 262 g/mol. The largest absolute Gasteiger partial charge is 0.497 e. The first-order valence-electron chi connectivity index (χ1n) is 7.30. The zero-order valence-corrected chi connectivity index (χ0v) is 12.6. The molecule has 0 aliphatic carbocycles. The summed E-state index contributed by atoms with van der Waals surface area (Å²) in [5.41, 5.74) is 2.65. The Morgan fingerprint density at radius 2 is 2.21 bits per heavy atom. The van der Waals surface area contributed by atoms with Crippen LogP contribution >= 0.6 is 0 Å². The van der Waals surface area contributed by atoms with Gasteiger partial charge in [-0.1, -0.05) is 6.92 Å². The lowest BCUT2D eigenvalue weighted by Crippen LogP contribution is -2.47. The van der Waals surface area contributed by atoms with Crippen molar-refractivity contribution in [2.45, 2.75) is 45.7 Å². The Morgan fingerprint density at radius 1 is 1.42 bits per heavy atom. The summed E-state index contributed by atoms with van der Waals surface area (Å²) < 4.78 is 5.28. The molecular weight excluding hydrogens is 236 g/mol. The van der Waals surface area contributed by atoms with Crippen LogP contribution in [0.2, 0.25) is 0 Å². The molecule has 1 heterocycles. The van der Waals surface area contributed by atoms with E-state index in [0.29, 0.717) is 12.1 Å². The Kier molecular flexibility index (Phi) is 4.70. The van der Waals surface area contributed by atoms with Crippen LogP contribution in [0.1, 0.15) is 32.3 Å². The third-order valence-electron chi connectivity index (χ3n) is 4.08. The fourth-order valence-corrected chi connectivity index (χ4v) is 3.08. The summed E-state index contributed by atoms with van der Waals surface area (Å²) in [6.45, 7) is 8.88. The number of nitrogens with zero attached hydrogens (tertiary/aromatic N) is 1. The van der Waals surface area contributed by atoms with E-state index < -0.39 is 0 Å². The number of hydrogen-bond acceptors (Lipinski definition) is 3. The Hall–Kier alpha value is -1.22. The highest BCUT2D eigenvalue weighted by atomic mass is 16.5. The van der Waals surface area contributed by atoms with Crippen molar-refractivity contribution in [1.82, 2.24) is 5.32 Å². The van der Waals surface area contributed by atoms with Crippen molar-refractivity contribution >= 4 is 5.69 Å². The predicted molar refractivity (Wildman–Crippen MR) is 81.2 cm³/mol. The third-order valence-corrected chi connectivity index (χ3v) is 4.08. The average Bonchev–Trinajstić information content (AvgIpc) is 2.40. The standard InChI is InChI=1S/C16H26N2O/c1-5-17-14-8-9-18(13(3)11-14)16-7-6-15(19-4)10-12(16)2/h6-7,10,13-14,17H,5,8-9,11H2,1-4H3. The molecule has 0 saturated carbocycles. The Balaban J connectivity index is 2.10. The summed E-state index contributed by atoms with van der Waals surface area (Å²) in [4.78, 5) is 2.53. The van der Waals surface area contributed by atoms with E-state index in [-0.39, 0.29) is 0 Å². The Labute approximate surface area is 116 Å². The van der Waals surface area contributed by atoms with E-state index in [4.69, 9.17) is 4.74 Å². The minimum atomic E-state index is 0.588. The first kappa shape index (κ1) is 14.2. The van der Waals surface area contributed by atoms with Crippen LogP contribution in [-0.4, -0.2) is 32.3 Å². The van der Waals surface area contributed by atoms with Gasteiger partial charge in [0.25, 0.3) is 0 Å². The van der Waals surface area contributed by atoms with Gasteiger partial charge < -0.3 is 15.0 Å². The SMILES string of the molecule is CCNC1CCN(c2ccc(OC)cc2C)C(C)C1. The second-order valence-corrected chi connectivity index (χ2v) is 5.47. The minimum Gasteiger partial charge on any atom is -0.497 e. The van der Waals surface area contributed by atoms with Crippen LogP contribution in [0, 0.1) is 6.92 Å². The zero-order chi connectivity index (χ0) is 13.8. The number of ether oxygens (including phenoxy) is 1. The minimum absolute atomic E-state index is 0.588. The van der Waals surface area contributed by atoms with Gasteiger partial charge in [-0.15, -0.1) is 0 Å². The summed E-state index contributed by atoms with van der Waals surface area (Å²) >= 11 is 0. The second kappa shape index (κ2) is 6.29. The predicted octanol–water partition coefficient (Wildman–Crippen LogP) is 2.97.